The monoisotopic (exact) mass is 369 g/mol. The van der Waals surface area contributed by atoms with E-state index in [0.717, 1.165) is 9.22 Å². The fourth-order valence-electron chi connectivity index (χ4n) is 2.12. The van der Waals surface area contributed by atoms with Gasteiger partial charge in [-0.15, -0.1) is 21.5 Å². The van der Waals surface area contributed by atoms with Crippen LogP contribution in [0.2, 0.25) is 0 Å². The summed E-state index contributed by atoms with van der Waals surface area (Å²) in [5.41, 5.74) is 1.65. The number of thiophene rings is 1. The molecule has 1 saturated heterocycles. The predicted octanol–water partition coefficient (Wildman–Crippen LogP) is 1.98. The van der Waals surface area contributed by atoms with Crippen molar-refractivity contribution in [2.24, 2.45) is 0 Å². The summed E-state index contributed by atoms with van der Waals surface area (Å²) >= 11 is 4.21. The van der Waals surface area contributed by atoms with Crippen LogP contribution in [0.4, 0.5) is 0 Å². The number of carbonyl (C=O) groups is 2. The van der Waals surface area contributed by atoms with E-state index in [1.807, 2.05) is 11.0 Å². The molecule has 1 aliphatic heterocycles. The number of Topliss-reactive ketones (excluding diaryl/α,β-unsaturated/α-hetero) is 1. The Bertz CT molecular complexity index is 666. The third-order valence-electron chi connectivity index (χ3n) is 3.29. The molecule has 1 aliphatic rings. The van der Waals surface area contributed by atoms with Gasteiger partial charge in [0.15, 0.2) is 10.1 Å². The molecular weight excluding hydrogens is 354 g/mol. The van der Waals surface area contributed by atoms with Crippen LogP contribution in [0.5, 0.6) is 0 Å². The minimum Gasteiger partial charge on any atom is -0.378 e. The second-order valence-corrected chi connectivity index (χ2v) is 8.08. The Kier molecular flexibility index (Phi) is 5.76. The molecule has 0 bridgehead atoms. The number of ether oxygens (including phenoxy) is 1. The fourth-order valence-corrected chi connectivity index (χ4v) is 4.52. The van der Waals surface area contributed by atoms with Gasteiger partial charge in [0.1, 0.15) is 5.51 Å². The van der Waals surface area contributed by atoms with Gasteiger partial charge in [0.05, 0.1) is 30.3 Å². The van der Waals surface area contributed by atoms with Crippen molar-refractivity contribution in [3.8, 4) is 0 Å². The van der Waals surface area contributed by atoms with Gasteiger partial charge in [0.2, 0.25) is 5.91 Å². The van der Waals surface area contributed by atoms with Gasteiger partial charge in [-0.25, -0.2) is 0 Å². The summed E-state index contributed by atoms with van der Waals surface area (Å²) in [5.74, 6) is 0.490. The van der Waals surface area contributed by atoms with Crippen LogP contribution in [0, 0.1) is 0 Å². The quantitative estimate of drug-likeness (QED) is 0.573. The first-order valence-corrected chi connectivity index (χ1v) is 9.77. The summed E-state index contributed by atoms with van der Waals surface area (Å²) in [7, 11) is 0. The molecule has 0 N–H and O–H groups in total. The van der Waals surface area contributed by atoms with Gasteiger partial charge in [0.25, 0.3) is 0 Å². The number of aromatic nitrogens is 2. The number of amides is 1. The Morgan fingerprint density at radius 1 is 1.30 bits per heavy atom. The lowest BCUT2D eigenvalue weighted by Gasteiger charge is -2.26. The van der Waals surface area contributed by atoms with Crippen LogP contribution in [0.3, 0.4) is 0 Å². The molecule has 1 amide bonds. The maximum absolute atomic E-state index is 12.2. The molecule has 0 radical (unpaired) electrons. The number of ketones is 1. The van der Waals surface area contributed by atoms with E-state index in [0.29, 0.717) is 43.4 Å². The first kappa shape index (κ1) is 16.6. The van der Waals surface area contributed by atoms with Crippen LogP contribution < -0.4 is 0 Å². The van der Waals surface area contributed by atoms with E-state index in [1.165, 1.54) is 34.4 Å². The summed E-state index contributed by atoms with van der Waals surface area (Å²) in [6, 6.07) is 3.67. The van der Waals surface area contributed by atoms with Crippen LogP contribution in [0.25, 0.3) is 0 Å². The van der Waals surface area contributed by atoms with E-state index in [2.05, 4.69) is 10.2 Å². The van der Waals surface area contributed by atoms with Crippen LogP contribution in [0.15, 0.2) is 22.0 Å². The average molecular weight is 369 g/mol. The predicted molar refractivity (Wildman–Crippen MR) is 90.4 cm³/mol. The van der Waals surface area contributed by atoms with Crippen LogP contribution in [0.1, 0.15) is 14.5 Å². The zero-order chi connectivity index (χ0) is 16.1. The minimum absolute atomic E-state index is 0.0558. The van der Waals surface area contributed by atoms with Gasteiger partial charge in [-0.1, -0.05) is 23.1 Å². The molecule has 0 atom stereocenters. The summed E-state index contributed by atoms with van der Waals surface area (Å²) in [6.07, 6.45) is 0.349. The molecule has 23 heavy (non-hydrogen) atoms. The Hall–Kier alpha value is -1.29. The van der Waals surface area contributed by atoms with Crippen molar-refractivity contribution in [2.45, 2.75) is 10.8 Å². The lowest BCUT2D eigenvalue weighted by atomic mass is 10.3. The smallest absolute Gasteiger partial charge is 0.227 e. The van der Waals surface area contributed by atoms with E-state index in [1.54, 1.807) is 11.6 Å². The first-order valence-electron chi connectivity index (χ1n) is 7.09. The summed E-state index contributed by atoms with van der Waals surface area (Å²) in [6.45, 7) is 2.49. The Labute approximate surface area is 145 Å². The van der Waals surface area contributed by atoms with Crippen molar-refractivity contribution in [1.82, 2.24) is 15.1 Å². The Morgan fingerprint density at radius 3 is 2.87 bits per heavy atom. The molecule has 3 rings (SSSR count). The van der Waals surface area contributed by atoms with Crippen molar-refractivity contribution in [2.75, 3.05) is 32.1 Å². The third kappa shape index (κ3) is 4.60. The van der Waals surface area contributed by atoms with Gasteiger partial charge < -0.3 is 9.64 Å². The van der Waals surface area contributed by atoms with Crippen molar-refractivity contribution < 1.29 is 14.3 Å². The van der Waals surface area contributed by atoms with Crippen LogP contribution in [-0.4, -0.2) is 58.8 Å². The zero-order valence-corrected chi connectivity index (χ0v) is 14.7. The maximum atomic E-state index is 12.2. The second-order valence-electron chi connectivity index (χ2n) is 4.85. The van der Waals surface area contributed by atoms with Gasteiger partial charge in [-0.3, -0.25) is 9.59 Å². The van der Waals surface area contributed by atoms with Gasteiger partial charge >= 0.3 is 0 Å². The lowest BCUT2D eigenvalue weighted by Crippen LogP contribution is -2.41. The Morgan fingerprint density at radius 2 is 2.13 bits per heavy atom. The average Bonchev–Trinajstić information content (AvgIpc) is 3.25. The minimum atomic E-state index is 0.0558. The van der Waals surface area contributed by atoms with Crippen LogP contribution >= 0.6 is 34.4 Å². The molecule has 0 spiro atoms. The van der Waals surface area contributed by atoms with Crippen molar-refractivity contribution in [3.05, 3.63) is 27.4 Å². The molecule has 9 heteroatoms. The number of carbonyl (C=O) groups excluding carboxylic acids is 2. The molecule has 122 valence electrons. The van der Waals surface area contributed by atoms with Crippen LogP contribution in [-0.2, 0) is 16.0 Å². The van der Waals surface area contributed by atoms with E-state index < -0.39 is 0 Å². The molecule has 0 unspecified atom stereocenters. The molecule has 0 saturated carbocycles. The van der Waals surface area contributed by atoms with E-state index in [-0.39, 0.29) is 11.7 Å². The first-order chi connectivity index (χ1) is 11.2. The van der Waals surface area contributed by atoms with E-state index in [9.17, 15) is 9.59 Å². The number of morpholine rings is 1. The highest BCUT2D eigenvalue weighted by Gasteiger charge is 2.18. The number of nitrogens with zero attached hydrogens (tertiary/aromatic N) is 3. The largest absolute Gasteiger partial charge is 0.378 e. The lowest BCUT2D eigenvalue weighted by molar-refractivity contribution is -0.134. The summed E-state index contributed by atoms with van der Waals surface area (Å²) in [5, 5.41) is 7.64. The van der Waals surface area contributed by atoms with Gasteiger partial charge in [-0.2, -0.15) is 0 Å². The topological polar surface area (TPSA) is 72.4 Å². The van der Waals surface area contributed by atoms with Crippen molar-refractivity contribution in [1.29, 1.82) is 0 Å². The summed E-state index contributed by atoms with van der Waals surface area (Å²) in [4.78, 5) is 27.8. The molecule has 0 aliphatic carbocycles. The van der Waals surface area contributed by atoms with Gasteiger partial charge in [-0.05, 0) is 12.1 Å². The summed E-state index contributed by atoms with van der Waals surface area (Å²) < 4.78 is 6.04. The highest BCUT2D eigenvalue weighted by atomic mass is 32.2. The fraction of sp³-hybridized carbons (Fsp3) is 0.429. The third-order valence-corrected chi connectivity index (χ3v) is 6.28. The SMILES string of the molecule is O=C(CSc1nncs1)c1ccc(CC(=O)N2CCOCC2)s1. The zero-order valence-electron chi connectivity index (χ0n) is 12.3. The number of rotatable bonds is 6. The van der Waals surface area contributed by atoms with E-state index in [4.69, 9.17) is 4.74 Å². The molecular formula is C14H15N3O3S3. The van der Waals surface area contributed by atoms with Gasteiger partial charge in [0, 0.05) is 18.0 Å². The molecule has 0 aromatic carbocycles. The number of hydrogen-bond donors (Lipinski definition) is 0. The second kappa shape index (κ2) is 8.00. The van der Waals surface area contributed by atoms with Crippen molar-refractivity contribution in [3.63, 3.8) is 0 Å². The number of thioether (sulfide) groups is 1. The molecule has 6 nitrogen and oxygen atoms in total. The Balaban J connectivity index is 1.52. The molecule has 3 heterocycles. The highest BCUT2D eigenvalue weighted by molar-refractivity contribution is 8.01. The molecule has 1 fully saturated rings. The maximum Gasteiger partial charge on any atom is 0.227 e. The van der Waals surface area contributed by atoms with Crippen molar-refractivity contribution >= 4 is 46.1 Å². The highest BCUT2D eigenvalue weighted by Crippen LogP contribution is 2.23. The number of hydrogen-bond acceptors (Lipinski definition) is 8. The van der Waals surface area contributed by atoms with E-state index >= 15 is 0 Å². The molecule has 2 aromatic heterocycles. The molecule has 2 aromatic rings. The normalized spacial score (nSPS) is 14.9. The standard InChI is InChI=1S/C14H15N3O3S3/c18-11(8-21-14-16-15-9-22-14)12-2-1-10(23-12)7-13(19)17-3-5-20-6-4-17/h1-2,9H,3-8H2.